The highest BCUT2D eigenvalue weighted by Crippen LogP contribution is 2.32. The topological polar surface area (TPSA) is 79.0 Å². The molecule has 6 heteroatoms. The van der Waals surface area contributed by atoms with E-state index in [4.69, 9.17) is 5.73 Å². The zero-order valence-electron chi connectivity index (χ0n) is 11.0. The van der Waals surface area contributed by atoms with Gasteiger partial charge in [-0.15, -0.1) is 0 Å². The molecule has 6 nitrogen and oxygen atoms in total. The van der Waals surface area contributed by atoms with Crippen LogP contribution in [0.25, 0.3) is 0 Å². The summed E-state index contributed by atoms with van der Waals surface area (Å²) in [5.41, 5.74) is 5.82. The Balaban J connectivity index is 1.64. The molecule has 2 heterocycles. The second kappa shape index (κ2) is 4.83. The van der Waals surface area contributed by atoms with Crippen molar-refractivity contribution in [2.24, 2.45) is 16.6 Å². The van der Waals surface area contributed by atoms with Gasteiger partial charge in [0.05, 0.1) is 12.5 Å². The summed E-state index contributed by atoms with van der Waals surface area (Å²) >= 11 is 0. The molecule has 0 aromatic rings. The molecule has 0 aromatic heterocycles. The molecular formula is C13H20N4O2. The minimum Gasteiger partial charge on any atom is -0.385 e. The number of hydrogen-bond donors (Lipinski definition) is 1. The number of rotatable bonds is 4. The fourth-order valence-electron chi connectivity index (χ4n) is 2.80. The van der Waals surface area contributed by atoms with Crippen LogP contribution in [-0.4, -0.2) is 53.2 Å². The number of amides is 3. The van der Waals surface area contributed by atoms with Gasteiger partial charge in [0.2, 0.25) is 5.91 Å². The Kier molecular flexibility index (Phi) is 3.16. The summed E-state index contributed by atoms with van der Waals surface area (Å²) in [7, 11) is 0. The van der Waals surface area contributed by atoms with Crippen molar-refractivity contribution in [1.82, 2.24) is 9.80 Å². The van der Waals surface area contributed by atoms with Gasteiger partial charge in [-0.3, -0.25) is 4.79 Å². The van der Waals surface area contributed by atoms with Gasteiger partial charge >= 0.3 is 6.03 Å². The molecule has 1 aliphatic carbocycles. The van der Waals surface area contributed by atoms with Crippen molar-refractivity contribution in [3.05, 3.63) is 0 Å². The third kappa shape index (κ3) is 2.57. The molecule has 3 rings (SSSR count). The number of carbonyl (C=O) groups is 2. The summed E-state index contributed by atoms with van der Waals surface area (Å²) in [6.07, 6.45) is 4.76. The first-order valence-electron chi connectivity index (χ1n) is 7.07. The monoisotopic (exact) mass is 264 g/mol. The molecule has 104 valence electrons. The molecular weight excluding hydrogens is 244 g/mol. The predicted octanol–water partition coefficient (Wildman–Crippen LogP) is 0.570. The van der Waals surface area contributed by atoms with E-state index in [-0.39, 0.29) is 24.4 Å². The van der Waals surface area contributed by atoms with Gasteiger partial charge in [-0.05, 0) is 31.6 Å². The van der Waals surface area contributed by atoms with Gasteiger partial charge in [-0.2, -0.15) is 4.99 Å². The van der Waals surface area contributed by atoms with Gasteiger partial charge in [0.15, 0.2) is 0 Å². The number of amidine groups is 1. The smallest absolute Gasteiger partial charge is 0.345 e. The van der Waals surface area contributed by atoms with E-state index in [9.17, 15) is 9.59 Å². The van der Waals surface area contributed by atoms with E-state index in [1.807, 2.05) is 4.90 Å². The molecule has 3 aliphatic rings. The Labute approximate surface area is 112 Å². The van der Waals surface area contributed by atoms with Crippen LogP contribution in [0.1, 0.15) is 32.1 Å². The number of aliphatic imine (C=N–C) groups is 1. The number of carbonyl (C=O) groups excluding carboxylic acids is 2. The molecule has 1 saturated carbocycles. The van der Waals surface area contributed by atoms with Crippen LogP contribution in [0, 0.1) is 5.92 Å². The van der Waals surface area contributed by atoms with Gasteiger partial charge in [0.25, 0.3) is 0 Å². The molecule has 0 aromatic carbocycles. The van der Waals surface area contributed by atoms with Crippen LogP contribution in [0.2, 0.25) is 0 Å². The van der Waals surface area contributed by atoms with Crippen molar-refractivity contribution in [3.63, 3.8) is 0 Å². The van der Waals surface area contributed by atoms with Crippen LogP contribution < -0.4 is 5.73 Å². The van der Waals surface area contributed by atoms with Crippen LogP contribution in [0.4, 0.5) is 4.79 Å². The summed E-state index contributed by atoms with van der Waals surface area (Å²) in [6.45, 7) is 2.36. The standard InChI is InChI=1S/C13H20N4O2/c14-12-10(7-11(18)16-5-1-2-6-16)17(13(19)15-12)8-9-3-4-9/h9-10H,1-8H2,(H2,14,15,19). The maximum atomic E-state index is 12.2. The summed E-state index contributed by atoms with van der Waals surface area (Å²) in [4.78, 5) is 31.3. The highest BCUT2D eigenvalue weighted by Gasteiger charge is 2.39. The number of urea groups is 1. The van der Waals surface area contributed by atoms with E-state index < -0.39 is 0 Å². The van der Waals surface area contributed by atoms with Crippen molar-refractivity contribution >= 4 is 17.8 Å². The van der Waals surface area contributed by atoms with E-state index in [1.165, 1.54) is 0 Å². The molecule has 0 bridgehead atoms. The summed E-state index contributed by atoms with van der Waals surface area (Å²) in [6, 6.07) is -0.593. The van der Waals surface area contributed by atoms with Gasteiger partial charge < -0.3 is 15.5 Å². The first-order valence-corrected chi connectivity index (χ1v) is 7.07. The maximum absolute atomic E-state index is 12.2. The SMILES string of the molecule is NC1=NC(=O)N(CC2CC2)C1CC(=O)N1CCCC1. The lowest BCUT2D eigenvalue weighted by Crippen LogP contribution is -2.45. The van der Waals surface area contributed by atoms with Crippen LogP contribution in [0.3, 0.4) is 0 Å². The van der Waals surface area contributed by atoms with Crippen LogP contribution in [0.15, 0.2) is 4.99 Å². The molecule has 2 fully saturated rings. The quantitative estimate of drug-likeness (QED) is 0.806. The summed E-state index contributed by atoms with van der Waals surface area (Å²) in [5, 5.41) is 0. The Hall–Kier alpha value is -1.59. The largest absolute Gasteiger partial charge is 0.385 e. The van der Waals surface area contributed by atoms with Crippen LogP contribution >= 0.6 is 0 Å². The zero-order valence-corrected chi connectivity index (χ0v) is 11.0. The first kappa shape index (κ1) is 12.4. The third-order valence-corrected chi connectivity index (χ3v) is 4.17. The van der Waals surface area contributed by atoms with Crippen LogP contribution in [0.5, 0.6) is 0 Å². The van der Waals surface area contributed by atoms with E-state index in [0.717, 1.165) is 38.8 Å². The lowest BCUT2D eigenvalue weighted by molar-refractivity contribution is -0.130. The van der Waals surface area contributed by atoms with Crippen molar-refractivity contribution in [2.75, 3.05) is 19.6 Å². The molecule has 0 radical (unpaired) electrons. The van der Waals surface area contributed by atoms with Gasteiger partial charge in [-0.1, -0.05) is 0 Å². The lowest BCUT2D eigenvalue weighted by Gasteiger charge is -2.25. The van der Waals surface area contributed by atoms with Crippen molar-refractivity contribution < 1.29 is 9.59 Å². The molecule has 1 atom stereocenters. The highest BCUT2D eigenvalue weighted by molar-refractivity contribution is 6.04. The van der Waals surface area contributed by atoms with Gasteiger partial charge in [0.1, 0.15) is 5.84 Å². The van der Waals surface area contributed by atoms with E-state index >= 15 is 0 Å². The summed E-state index contributed by atoms with van der Waals surface area (Å²) < 4.78 is 0. The van der Waals surface area contributed by atoms with Crippen LogP contribution in [-0.2, 0) is 4.79 Å². The molecule has 19 heavy (non-hydrogen) atoms. The average molecular weight is 264 g/mol. The Morgan fingerprint density at radius 1 is 1.32 bits per heavy atom. The van der Waals surface area contributed by atoms with Crippen molar-refractivity contribution in [2.45, 2.75) is 38.1 Å². The fraction of sp³-hybridized carbons (Fsp3) is 0.769. The predicted molar refractivity (Wildman–Crippen MR) is 70.7 cm³/mol. The molecule has 1 saturated heterocycles. The number of nitrogens with zero attached hydrogens (tertiary/aromatic N) is 3. The Morgan fingerprint density at radius 2 is 2.00 bits per heavy atom. The average Bonchev–Trinajstić information content (AvgIpc) is 2.94. The minimum atomic E-state index is -0.318. The van der Waals surface area contributed by atoms with Crippen molar-refractivity contribution in [3.8, 4) is 0 Å². The van der Waals surface area contributed by atoms with E-state index in [0.29, 0.717) is 18.3 Å². The molecule has 2 aliphatic heterocycles. The van der Waals surface area contributed by atoms with E-state index in [1.54, 1.807) is 4.90 Å². The Bertz CT molecular complexity index is 424. The maximum Gasteiger partial charge on any atom is 0.345 e. The summed E-state index contributed by atoms with van der Waals surface area (Å²) in [5.74, 6) is 0.976. The zero-order chi connectivity index (χ0) is 13.4. The molecule has 2 N–H and O–H groups in total. The highest BCUT2D eigenvalue weighted by atomic mass is 16.2. The number of nitrogens with two attached hydrogens (primary N) is 1. The normalized spacial score (nSPS) is 27.1. The minimum absolute atomic E-state index is 0.0937. The molecule has 0 spiro atoms. The molecule has 1 unspecified atom stereocenters. The first-order chi connectivity index (χ1) is 9.15. The van der Waals surface area contributed by atoms with E-state index in [2.05, 4.69) is 4.99 Å². The second-order valence-electron chi connectivity index (χ2n) is 5.72. The van der Waals surface area contributed by atoms with Gasteiger partial charge in [-0.25, -0.2) is 4.79 Å². The second-order valence-corrected chi connectivity index (χ2v) is 5.72. The lowest BCUT2D eigenvalue weighted by atomic mass is 10.1. The Morgan fingerprint density at radius 3 is 2.63 bits per heavy atom. The molecule has 3 amide bonds. The fourth-order valence-corrected chi connectivity index (χ4v) is 2.80. The number of hydrogen-bond acceptors (Lipinski definition) is 3. The number of likely N-dealkylation sites (tertiary alicyclic amines) is 1. The van der Waals surface area contributed by atoms with Gasteiger partial charge in [0, 0.05) is 19.6 Å². The third-order valence-electron chi connectivity index (χ3n) is 4.17. The van der Waals surface area contributed by atoms with Crippen molar-refractivity contribution in [1.29, 1.82) is 0 Å².